The number of hydrogen-bond acceptors (Lipinski definition) is 5. The zero-order chi connectivity index (χ0) is 14.8. The molecule has 5 heteroatoms. The number of thiazole rings is 1. The summed E-state index contributed by atoms with van der Waals surface area (Å²) in [5, 5.41) is 3.38. The van der Waals surface area contributed by atoms with Gasteiger partial charge in [0.05, 0.1) is 19.8 Å². The topological polar surface area (TPSA) is 28.6 Å². The molecule has 1 aliphatic carbocycles. The lowest BCUT2D eigenvalue weighted by Gasteiger charge is -2.37. The summed E-state index contributed by atoms with van der Waals surface area (Å²) in [5.41, 5.74) is 0. The second kappa shape index (κ2) is 6.95. The highest BCUT2D eigenvalue weighted by Gasteiger charge is 2.40. The van der Waals surface area contributed by atoms with E-state index in [1.807, 2.05) is 6.20 Å². The number of rotatable bonds is 4. The minimum Gasteiger partial charge on any atom is -0.379 e. The van der Waals surface area contributed by atoms with Crippen LogP contribution in [0.25, 0.3) is 0 Å². The SMILES string of the molecule is c1csc(CN2C[C@@H]3CCC[C@H](CN4CCOCC4)[C@@H]3C2)n1. The van der Waals surface area contributed by atoms with Gasteiger partial charge in [0.25, 0.3) is 0 Å². The first-order chi connectivity index (χ1) is 10.9. The van der Waals surface area contributed by atoms with Gasteiger partial charge >= 0.3 is 0 Å². The fourth-order valence-corrected chi connectivity index (χ4v) is 5.34. The van der Waals surface area contributed by atoms with Gasteiger partial charge in [-0.15, -0.1) is 11.3 Å². The van der Waals surface area contributed by atoms with E-state index < -0.39 is 0 Å². The number of ether oxygens (including phenoxy) is 1. The summed E-state index contributed by atoms with van der Waals surface area (Å²) in [4.78, 5) is 9.76. The van der Waals surface area contributed by atoms with Crippen LogP contribution in [-0.4, -0.2) is 60.7 Å². The van der Waals surface area contributed by atoms with Gasteiger partial charge < -0.3 is 4.74 Å². The molecule has 0 spiro atoms. The Morgan fingerprint density at radius 1 is 1.18 bits per heavy atom. The number of morpholine rings is 1. The lowest BCUT2D eigenvalue weighted by molar-refractivity contribution is 0.0192. The van der Waals surface area contributed by atoms with Crippen LogP contribution in [0, 0.1) is 17.8 Å². The van der Waals surface area contributed by atoms with Crippen molar-refractivity contribution in [1.82, 2.24) is 14.8 Å². The average molecular weight is 321 g/mol. The Morgan fingerprint density at radius 2 is 2.09 bits per heavy atom. The van der Waals surface area contributed by atoms with E-state index in [1.54, 1.807) is 11.3 Å². The molecule has 0 amide bonds. The molecule has 3 fully saturated rings. The van der Waals surface area contributed by atoms with Gasteiger partial charge in [-0.25, -0.2) is 4.98 Å². The Bertz CT molecular complexity index is 460. The van der Waals surface area contributed by atoms with E-state index in [0.717, 1.165) is 50.6 Å². The summed E-state index contributed by atoms with van der Waals surface area (Å²) in [6.07, 6.45) is 6.24. The molecule has 122 valence electrons. The molecule has 3 atom stereocenters. The third kappa shape index (κ3) is 3.37. The molecule has 1 aromatic heterocycles. The molecule has 0 unspecified atom stereocenters. The normalized spacial score (nSPS) is 33.9. The van der Waals surface area contributed by atoms with Crippen LogP contribution in [0.4, 0.5) is 0 Å². The van der Waals surface area contributed by atoms with E-state index in [-0.39, 0.29) is 0 Å². The second-order valence-electron chi connectivity index (χ2n) is 7.15. The van der Waals surface area contributed by atoms with Crippen molar-refractivity contribution in [2.24, 2.45) is 17.8 Å². The Labute approximate surface area is 137 Å². The highest BCUT2D eigenvalue weighted by Crippen LogP contribution is 2.41. The lowest BCUT2D eigenvalue weighted by atomic mass is 9.73. The van der Waals surface area contributed by atoms with Crippen LogP contribution < -0.4 is 0 Å². The summed E-state index contributed by atoms with van der Waals surface area (Å²) >= 11 is 1.80. The molecular weight excluding hydrogens is 294 g/mol. The largest absolute Gasteiger partial charge is 0.379 e. The van der Waals surface area contributed by atoms with Crippen LogP contribution in [0.1, 0.15) is 24.3 Å². The number of likely N-dealkylation sites (tertiary alicyclic amines) is 1. The molecule has 2 aliphatic heterocycles. The molecular formula is C17H27N3OS. The molecule has 0 bridgehead atoms. The predicted octanol–water partition coefficient (Wildman–Crippen LogP) is 2.32. The van der Waals surface area contributed by atoms with Gasteiger partial charge in [0.1, 0.15) is 5.01 Å². The first kappa shape index (κ1) is 15.1. The molecule has 4 nitrogen and oxygen atoms in total. The standard InChI is InChI=1S/C17H27N3OS/c1-2-14(10-19-5-7-21-8-6-19)16-12-20(11-15(16)3-1)13-17-18-4-9-22-17/h4,9,14-16H,1-3,5-8,10-13H2/t14-,15+,16+/m1/s1. The first-order valence-electron chi connectivity index (χ1n) is 8.79. The summed E-state index contributed by atoms with van der Waals surface area (Å²) in [7, 11) is 0. The van der Waals surface area contributed by atoms with Gasteiger partial charge in [-0.3, -0.25) is 9.80 Å². The fraction of sp³-hybridized carbons (Fsp3) is 0.824. The highest BCUT2D eigenvalue weighted by molar-refractivity contribution is 7.09. The minimum absolute atomic E-state index is 0.901. The third-order valence-corrected chi connectivity index (χ3v) is 6.53. The van der Waals surface area contributed by atoms with E-state index in [2.05, 4.69) is 20.2 Å². The van der Waals surface area contributed by atoms with E-state index in [4.69, 9.17) is 4.74 Å². The van der Waals surface area contributed by atoms with Crippen molar-refractivity contribution in [3.05, 3.63) is 16.6 Å². The maximum Gasteiger partial charge on any atom is 0.107 e. The molecule has 22 heavy (non-hydrogen) atoms. The smallest absolute Gasteiger partial charge is 0.107 e. The van der Waals surface area contributed by atoms with Crippen molar-refractivity contribution in [3.8, 4) is 0 Å². The lowest BCUT2D eigenvalue weighted by Crippen LogP contribution is -2.43. The van der Waals surface area contributed by atoms with Crippen LogP contribution in [0.2, 0.25) is 0 Å². The average Bonchev–Trinajstić information content (AvgIpc) is 3.18. The quantitative estimate of drug-likeness (QED) is 0.851. The minimum atomic E-state index is 0.901. The van der Waals surface area contributed by atoms with E-state index in [0.29, 0.717) is 0 Å². The third-order valence-electron chi connectivity index (χ3n) is 5.76. The van der Waals surface area contributed by atoms with Crippen LogP contribution in [0.3, 0.4) is 0 Å². The summed E-state index contributed by atoms with van der Waals surface area (Å²) in [5.74, 6) is 2.74. The van der Waals surface area contributed by atoms with Crippen LogP contribution in [0.5, 0.6) is 0 Å². The van der Waals surface area contributed by atoms with Crippen molar-refractivity contribution in [2.75, 3.05) is 45.9 Å². The molecule has 4 rings (SSSR count). The summed E-state index contributed by atoms with van der Waals surface area (Å²) in [6.45, 7) is 9.08. The van der Waals surface area contributed by atoms with Crippen LogP contribution >= 0.6 is 11.3 Å². The van der Waals surface area contributed by atoms with Gasteiger partial charge in [0.2, 0.25) is 0 Å². The predicted molar refractivity (Wildman–Crippen MR) is 89.0 cm³/mol. The molecule has 0 radical (unpaired) electrons. The fourth-order valence-electron chi connectivity index (χ4n) is 4.68. The van der Waals surface area contributed by atoms with Gasteiger partial charge in [0.15, 0.2) is 0 Å². The van der Waals surface area contributed by atoms with Gasteiger partial charge in [0, 0.05) is 44.3 Å². The van der Waals surface area contributed by atoms with Gasteiger partial charge in [-0.1, -0.05) is 6.42 Å². The Balaban J connectivity index is 1.36. The summed E-state index contributed by atoms with van der Waals surface area (Å²) in [6, 6.07) is 0. The van der Waals surface area contributed by atoms with Crippen molar-refractivity contribution < 1.29 is 4.74 Å². The van der Waals surface area contributed by atoms with Gasteiger partial charge in [-0.2, -0.15) is 0 Å². The number of fused-ring (bicyclic) bond motifs is 1. The molecule has 3 heterocycles. The van der Waals surface area contributed by atoms with E-state index in [9.17, 15) is 0 Å². The molecule has 3 aliphatic rings. The molecule has 1 saturated carbocycles. The number of aromatic nitrogens is 1. The molecule has 0 aromatic carbocycles. The van der Waals surface area contributed by atoms with E-state index >= 15 is 0 Å². The van der Waals surface area contributed by atoms with Crippen molar-refractivity contribution in [3.63, 3.8) is 0 Å². The highest BCUT2D eigenvalue weighted by atomic mass is 32.1. The first-order valence-corrected chi connectivity index (χ1v) is 9.67. The van der Waals surface area contributed by atoms with Crippen LogP contribution in [0.15, 0.2) is 11.6 Å². The molecule has 2 saturated heterocycles. The van der Waals surface area contributed by atoms with Gasteiger partial charge in [-0.05, 0) is 30.6 Å². The monoisotopic (exact) mass is 321 g/mol. The Kier molecular flexibility index (Phi) is 4.76. The zero-order valence-electron chi connectivity index (χ0n) is 13.3. The van der Waals surface area contributed by atoms with Crippen molar-refractivity contribution in [1.29, 1.82) is 0 Å². The number of hydrogen-bond donors (Lipinski definition) is 0. The number of nitrogens with zero attached hydrogens (tertiary/aromatic N) is 3. The summed E-state index contributed by atoms with van der Waals surface area (Å²) < 4.78 is 5.50. The maximum absolute atomic E-state index is 5.50. The molecule has 0 N–H and O–H groups in total. The second-order valence-corrected chi connectivity index (χ2v) is 8.13. The Hall–Kier alpha value is -0.490. The van der Waals surface area contributed by atoms with Crippen molar-refractivity contribution >= 4 is 11.3 Å². The zero-order valence-corrected chi connectivity index (χ0v) is 14.1. The maximum atomic E-state index is 5.50. The molecule has 1 aromatic rings. The van der Waals surface area contributed by atoms with Crippen LogP contribution in [-0.2, 0) is 11.3 Å². The Morgan fingerprint density at radius 3 is 2.91 bits per heavy atom. The van der Waals surface area contributed by atoms with E-state index in [1.165, 1.54) is 43.9 Å². The van der Waals surface area contributed by atoms with Crippen molar-refractivity contribution in [2.45, 2.75) is 25.8 Å².